The zero-order valence-corrected chi connectivity index (χ0v) is 20.1. The van der Waals surface area contributed by atoms with E-state index >= 15 is 0 Å². The SMILES string of the molecule is O=C(CN1CCC(C(=O)c2ccc3c(c2)OCCO3)CC1)NCc1ccc(-c2ccc(Cl)cc2)o1. The number of carbonyl (C=O) groups is 2. The molecule has 0 spiro atoms. The smallest absolute Gasteiger partial charge is 0.234 e. The number of ketones is 1. The van der Waals surface area contributed by atoms with E-state index in [1.54, 1.807) is 12.1 Å². The number of benzene rings is 2. The highest BCUT2D eigenvalue weighted by Crippen LogP contribution is 2.32. The van der Waals surface area contributed by atoms with Crippen LogP contribution in [0.5, 0.6) is 11.5 Å². The van der Waals surface area contributed by atoms with E-state index in [1.807, 2.05) is 42.5 Å². The van der Waals surface area contributed by atoms with Gasteiger partial charge < -0.3 is 19.2 Å². The number of piperidine rings is 1. The number of fused-ring (bicyclic) bond motifs is 1. The zero-order chi connectivity index (χ0) is 24.2. The molecular weight excluding hydrogens is 468 g/mol. The molecule has 182 valence electrons. The summed E-state index contributed by atoms with van der Waals surface area (Å²) < 4.78 is 17.0. The van der Waals surface area contributed by atoms with Crippen molar-refractivity contribution in [1.82, 2.24) is 10.2 Å². The molecular formula is C27H27ClN2O5. The molecule has 0 radical (unpaired) electrons. The lowest BCUT2D eigenvalue weighted by Gasteiger charge is -2.30. The molecule has 1 N–H and O–H groups in total. The van der Waals surface area contributed by atoms with Gasteiger partial charge in [-0.05, 0) is 80.5 Å². The number of hydrogen-bond donors (Lipinski definition) is 1. The van der Waals surface area contributed by atoms with Crippen molar-refractivity contribution in [2.45, 2.75) is 19.4 Å². The van der Waals surface area contributed by atoms with Crippen LogP contribution in [0.4, 0.5) is 0 Å². The van der Waals surface area contributed by atoms with Crippen LogP contribution in [0.2, 0.25) is 5.02 Å². The van der Waals surface area contributed by atoms with Crippen LogP contribution in [0.15, 0.2) is 59.0 Å². The van der Waals surface area contributed by atoms with Gasteiger partial charge in [-0.2, -0.15) is 0 Å². The minimum atomic E-state index is -0.0638. The van der Waals surface area contributed by atoms with Crippen molar-refractivity contribution >= 4 is 23.3 Å². The number of rotatable bonds is 7. The summed E-state index contributed by atoms with van der Waals surface area (Å²) in [6.07, 6.45) is 1.45. The van der Waals surface area contributed by atoms with Crippen LogP contribution < -0.4 is 14.8 Å². The molecule has 1 aromatic heterocycles. The number of Topliss-reactive ketones (excluding diaryl/α,β-unsaturated/α-hetero) is 1. The van der Waals surface area contributed by atoms with Crippen molar-refractivity contribution in [1.29, 1.82) is 0 Å². The first-order valence-electron chi connectivity index (χ1n) is 11.8. The van der Waals surface area contributed by atoms with Crippen LogP contribution in [-0.2, 0) is 11.3 Å². The second-order valence-electron chi connectivity index (χ2n) is 8.82. The first-order valence-corrected chi connectivity index (χ1v) is 12.2. The lowest BCUT2D eigenvalue weighted by Crippen LogP contribution is -2.42. The molecule has 0 bridgehead atoms. The van der Waals surface area contributed by atoms with Gasteiger partial charge in [-0.15, -0.1) is 0 Å². The van der Waals surface area contributed by atoms with E-state index in [1.165, 1.54) is 0 Å². The van der Waals surface area contributed by atoms with E-state index < -0.39 is 0 Å². The second-order valence-corrected chi connectivity index (χ2v) is 9.26. The Morgan fingerprint density at radius 3 is 2.46 bits per heavy atom. The Balaban J connectivity index is 1.07. The summed E-state index contributed by atoms with van der Waals surface area (Å²) in [6.45, 7) is 3.06. The van der Waals surface area contributed by atoms with Crippen molar-refractivity contribution < 1.29 is 23.5 Å². The Kier molecular flexibility index (Phi) is 7.06. The first-order chi connectivity index (χ1) is 17.0. The van der Waals surface area contributed by atoms with Gasteiger partial charge in [0.2, 0.25) is 5.91 Å². The molecule has 1 amide bonds. The molecule has 0 unspecified atom stereocenters. The highest BCUT2D eigenvalue weighted by molar-refractivity contribution is 6.30. The largest absolute Gasteiger partial charge is 0.486 e. The van der Waals surface area contributed by atoms with E-state index in [-0.39, 0.29) is 17.6 Å². The molecule has 35 heavy (non-hydrogen) atoms. The number of ether oxygens (including phenoxy) is 2. The van der Waals surface area contributed by atoms with Crippen LogP contribution in [-0.4, -0.2) is 49.4 Å². The molecule has 3 aromatic rings. The molecule has 2 aliphatic heterocycles. The molecule has 3 heterocycles. The molecule has 2 aromatic carbocycles. The monoisotopic (exact) mass is 494 g/mol. The van der Waals surface area contributed by atoms with Gasteiger partial charge in [0, 0.05) is 22.1 Å². The summed E-state index contributed by atoms with van der Waals surface area (Å²) in [5.41, 5.74) is 1.59. The third-order valence-electron chi connectivity index (χ3n) is 6.40. The van der Waals surface area contributed by atoms with Crippen LogP contribution in [0.25, 0.3) is 11.3 Å². The van der Waals surface area contributed by atoms with Gasteiger partial charge in [0.15, 0.2) is 17.3 Å². The number of carbonyl (C=O) groups excluding carboxylic acids is 2. The number of hydrogen-bond acceptors (Lipinski definition) is 6. The second kappa shape index (κ2) is 10.5. The maximum atomic E-state index is 13.0. The molecule has 0 atom stereocenters. The fraction of sp³-hybridized carbons (Fsp3) is 0.333. The van der Waals surface area contributed by atoms with Crippen molar-refractivity contribution in [3.05, 3.63) is 70.9 Å². The van der Waals surface area contributed by atoms with Gasteiger partial charge in [-0.1, -0.05) is 11.6 Å². The molecule has 1 fully saturated rings. The van der Waals surface area contributed by atoms with Crippen molar-refractivity contribution in [3.8, 4) is 22.8 Å². The third-order valence-corrected chi connectivity index (χ3v) is 6.65. The Morgan fingerprint density at radius 1 is 0.943 bits per heavy atom. The highest BCUT2D eigenvalue weighted by Gasteiger charge is 2.27. The Bertz CT molecular complexity index is 1200. The van der Waals surface area contributed by atoms with Crippen molar-refractivity contribution in [2.75, 3.05) is 32.8 Å². The Labute approximate surface area is 209 Å². The average Bonchev–Trinajstić information content (AvgIpc) is 3.37. The molecule has 1 saturated heterocycles. The summed E-state index contributed by atoms with van der Waals surface area (Å²) in [4.78, 5) is 27.5. The molecule has 0 saturated carbocycles. The van der Waals surface area contributed by atoms with E-state index in [4.69, 9.17) is 25.5 Å². The summed E-state index contributed by atoms with van der Waals surface area (Å²) >= 11 is 5.94. The van der Waals surface area contributed by atoms with Crippen LogP contribution >= 0.6 is 11.6 Å². The number of nitrogens with zero attached hydrogens (tertiary/aromatic N) is 1. The quantitative estimate of drug-likeness (QED) is 0.484. The van der Waals surface area contributed by atoms with Gasteiger partial charge in [-0.3, -0.25) is 14.5 Å². The van der Waals surface area contributed by atoms with E-state index in [9.17, 15) is 9.59 Å². The summed E-state index contributed by atoms with van der Waals surface area (Å²) in [6, 6.07) is 16.6. The molecule has 8 heteroatoms. The van der Waals surface area contributed by atoms with Gasteiger partial charge in [0.25, 0.3) is 0 Å². The third kappa shape index (κ3) is 5.69. The number of halogens is 1. The summed E-state index contributed by atoms with van der Waals surface area (Å²) in [7, 11) is 0. The van der Waals surface area contributed by atoms with Gasteiger partial charge >= 0.3 is 0 Å². The lowest BCUT2D eigenvalue weighted by molar-refractivity contribution is -0.122. The molecule has 7 nitrogen and oxygen atoms in total. The predicted molar refractivity (Wildman–Crippen MR) is 132 cm³/mol. The van der Waals surface area contributed by atoms with Gasteiger partial charge in [0.1, 0.15) is 24.7 Å². The van der Waals surface area contributed by atoms with Crippen molar-refractivity contribution in [2.24, 2.45) is 5.92 Å². The maximum absolute atomic E-state index is 13.0. The predicted octanol–water partition coefficient (Wildman–Crippen LogP) is 4.58. The first kappa shape index (κ1) is 23.5. The minimum absolute atomic E-state index is 0.0497. The van der Waals surface area contributed by atoms with E-state index in [0.717, 1.165) is 24.2 Å². The fourth-order valence-electron chi connectivity index (χ4n) is 4.47. The molecule has 2 aliphatic rings. The van der Waals surface area contributed by atoms with E-state index in [0.29, 0.717) is 67.2 Å². The van der Waals surface area contributed by atoms with E-state index in [2.05, 4.69) is 10.2 Å². The van der Waals surface area contributed by atoms with Crippen LogP contribution in [0, 0.1) is 5.92 Å². The maximum Gasteiger partial charge on any atom is 0.234 e. The van der Waals surface area contributed by atoms with Gasteiger partial charge in [0.05, 0.1) is 13.1 Å². The number of furan rings is 1. The Morgan fingerprint density at radius 2 is 1.69 bits per heavy atom. The summed E-state index contributed by atoms with van der Waals surface area (Å²) in [5, 5.41) is 3.59. The average molecular weight is 495 g/mol. The number of likely N-dealkylation sites (tertiary alicyclic amines) is 1. The molecule has 5 rings (SSSR count). The standard InChI is InChI=1S/C27H27ClN2O5/c28-21-4-1-18(2-5-21)23-8-6-22(35-23)16-29-26(31)17-30-11-9-19(10-12-30)27(32)20-3-7-24-25(15-20)34-14-13-33-24/h1-8,15,19H,9-14,16-17H2,(H,29,31). The minimum Gasteiger partial charge on any atom is -0.486 e. The van der Waals surface area contributed by atoms with Crippen molar-refractivity contribution in [3.63, 3.8) is 0 Å². The lowest BCUT2D eigenvalue weighted by atomic mass is 9.88. The molecule has 0 aliphatic carbocycles. The number of nitrogens with one attached hydrogen (secondary N) is 1. The Hall–Kier alpha value is -3.29. The number of amides is 1. The fourth-order valence-corrected chi connectivity index (χ4v) is 4.60. The summed E-state index contributed by atoms with van der Waals surface area (Å²) in [5.74, 6) is 2.75. The van der Waals surface area contributed by atoms with Crippen LogP contribution in [0.1, 0.15) is 29.0 Å². The normalized spacial score (nSPS) is 16.1. The zero-order valence-electron chi connectivity index (χ0n) is 19.3. The topological polar surface area (TPSA) is 81.0 Å². The van der Waals surface area contributed by atoms with Crippen LogP contribution in [0.3, 0.4) is 0 Å². The van der Waals surface area contributed by atoms with Gasteiger partial charge in [-0.25, -0.2) is 0 Å². The highest BCUT2D eigenvalue weighted by atomic mass is 35.5.